The largest absolute Gasteiger partial charge is 0.462 e. The minimum absolute atomic E-state index is 0.203. The van der Waals surface area contributed by atoms with Crippen LogP contribution in [0.4, 0.5) is 0 Å². The second-order valence-corrected chi connectivity index (χ2v) is 17.6. The first kappa shape index (κ1) is 58.7. The van der Waals surface area contributed by atoms with Crippen molar-refractivity contribution in [2.24, 2.45) is 0 Å². The molecule has 6 atom stereocenters. The second-order valence-electron chi connectivity index (χ2n) is 17.6. The first-order valence-electron chi connectivity index (χ1n) is 25.7. The number of hydrogen-bond acceptors (Lipinski definition) is 10. The molecule has 0 radical (unpaired) electrons. The molecule has 0 spiro atoms. The lowest BCUT2D eigenvalue weighted by atomic mass is 9.99. The van der Waals surface area contributed by atoms with Crippen molar-refractivity contribution in [3.63, 3.8) is 0 Å². The van der Waals surface area contributed by atoms with Crippen molar-refractivity contribution in [1.82, 2.24) is 0 Å². The van der Waals surface area contributed by atoms with Gasteiger partial charge in [-0.1, -0.05) is 184 Å². The van der Waals surface area contributed by atoms with Gasteiger partial charge < -0.3 is 39.4 Å². The number of carbonyl (C=O) groups is 2. The van der Waals surface area contributed by atoms with Crippen LogP contribution in [0.2, 0.25) is 0 Å². The maximum absolute atomic E-state index is 12.8. The Kier molecular flexibility index (Phi) is 40.6. The van der Waals surface area contributed by atoms with Gasteiger partial charge in [0.1, 0.15) is 31.0 Å². The molecule has 4 N–H and O–H groups in total. The molecule has 1 saturated heterocycles. The van der Waals surface area contributed by atoms with Crippen molar-refractivity contribution in [2.75, 3.05) is 19.8 Å². The Hall–Kier alpha value is -2.34. The lowest BCUT2D eigenvalue weighted by Crippen LogP contribution is -2.59. The number of esters is 2. The molecular weight excluding hydrogens is 797 g/mol. The fourth-order valence-electron chi connectivity index (χ4n) is 7.61. The third kappa shape index (κ3) is 34.6. The summed E-state index contributed by atoms with van der Waals surface area (Å²) in [5.41, 5.74) is 0. The standard InChI is InChI=1S/C53H94O10/c1-3-5-7-9-11-13-15-17-19-21-22-23-24-26-28-30-32-34-36-38-40-42-49(56)62-46(45-61-53-52(59)51(58)50(57)47(43-54)63-53)44-60-48(55)41-39-37-35-33-31-29-27-25-20-18-16-14-12-10-8-6-4-2/h17-20,27,29,33,35,46-47,50-54,57-59H,3-16,21-26,28,30-32,34,36-45H2,1-2H3/b19-17+,20-18+,29-27+,35-33+/t46-,47-,50+,51?,52?,53-/m1/s1. The van der Waals surface area contributed by atoms with Crippen LogP contribution in [-0.2, 0) is 28.5 Å². The predicted octanol–water partition coefficient (Wildman–Crippen LogP) is 12.0. The van der Waals surface area contributed by atoms with E-state index < -0.39 is 55.4 Å². The Bertz CT molecular complexity index is 1170. The average molecular weight is 891 g/mol. The molecule has 0 aromatic rings. The summed E-state index contributed by atoms with van der Waals surface area (Å²) < 4.78 is 22.2. The van der Waals surface area contributed by atoms with Crippen molar-refractivity contribution in [3.05, 3.63) is 48.6 Å². The lowest BCUT2D eigenvalue weighted by Gasteiger charge is -2.39. The molecule has 1 fully saturated rings. The minimum atomic E-state index is -1.60. The molecule has 1 heterocycles. The van der Waals surface area contributed by atoms with E-state index in [-0.39, 0.29) is 26.1 Å². The molecule has 0 saturated carbocycles. The summed E-state index contributed by atoms with van der Waals surface area (Å²) in [6.07, 6.45) is 45.5. The third-order valence-corrected chi connectivity index (χ3v) is 11.7. The van der Waals surface area contributed by atoms with Crippen LogP contribution in [0.15, 0.2) is 48.6 Å². The third-order valence-electron chi connectivity index (χ3n) is 11.7. The Morgan fingerprint density at radius 1 is 0.492 bits per heavy atom. The first-order valence-corrected chi connectivity index (χ1v) is 25.7. The van der Waals surface area contributed by atoms with E-state index in [9.17, 15) is 30.0 Å². The van der Waals surface area contributed by atoms with Gasteiger partial charge >= 0.3 is 11.9 Å². The molecule has 1 rings (SSSR count). The number of aliphatic hydroxyl groups excluding tert-OH is 4. The zero-order chi connectivity index (χ0) is 45.9. The highest BCUT2D eigenvalue weighted by Gasteiger charge is 2.44. The van der Waals surface area contributed by atoms with Crippen molar-refractivity contribution in [3.8, 4) is 0 Å². The summed E-state index contributed by atoms with van der Waals surface area (Å²) in [7, 11) is 0. The Morgan fingerprint density at radius 2 is 0.905 bits per heavy atom. The van der Waals surface area contributed by atoms with Crippen LogP contribution in [0.25, 0.3) is 0 Å². The van der Waals surface area contributed by atoms with Crippen LogP contribution in [0, 0.1) is 0 Å². The van der Waals surface area contributed by atoms with Crippen LogP contribution in [0.3, 0.4) is 0 Å². The molecule has 0 aliphatic carbocycles. The molecular formula is C53H94O10. The SMILES string of the molecule is CCCCCCCC/C=C/C/C=C/C/C=C/CCCC(=O)OC[C@H](CO[C@@H]1O[C@H](CO)[C@H](O)C(O)C1O)OC(=O)CCCCCCCCCCCCC/C=C/CCCCCCCC. The van der Waals surface area contributed by atoms with Crippen LogP contribution >= 0.6 is 0 Å². The van der Waals surface area contributed by atoms with Crippen LogP contribution in [0.5, 0.6) is 0 Å². The fraction of sp³-hybridized carbons (Fsp3) is 0.811. The summed E-state index contributed by atoms with van der Waals surface area (Å²) >= 11 is 0. The zero-order valence-electron chi connectivity index (χ0n) is 40.1. The maximum Gasteiger partial charge on any atom is 0.306 e. The summed E-state index contributed by atoms with van der Waals surface area (Å²) in [4.78, 5) is 25.4. The number of rotatable bonds is 43. The summed E-state index contributed by atoms with van der Waals surface area (Å²) in [5.74, 6) is -0.864. The van der Waals surface area contributed by atoms with Crippen LogP contribution in [0.1, 0.15) is 219 Å². The normalized spacial score (nSPS) is 19.9. The van der Waals surface area contributed by atoms with Gasteiger partial charge in [0.05, 0.1) is 13.2 Å². The second kappa shape index (κ2) is 43.5. The van der Waals surface area contributed by atoms with Gasteiger partial charge in [0.25, 0.3) is 0 Å². The van der Waals surface area contributed by atoms with E-state index in [1.807, 2.05) is 0 Å². The average Bonchev–Trinajstić information content (AvgIpc) is 3.28. The van der Waals surface area contributed by atoms with Gasteiger partial charge in [-0.15, -0.1) is 0 Å². The topological polar surface area (TPSA) is 152 Å². The fourth-order valence-corrected chi connectivity index (χ4v) is 7.61. The van der Waals surface area contributed by atoms with E-state index in [1.54, 1.807) is 0 Å². The van der Waals surface area contributed by atoms with Crippen molar-refractivity contribution in [1.29, 1.82) is 0 Å². The highest BCUT2D eigenvalue weighted by atomic mass is 16.7. The van der Waals surface area contributed by atoms with Crippen LogP contribution < -0.4 is 0 Å². The van der Waals surface area contributed by atoms with Gasteiger partial charge in [-0.3, -0.25) is 9.59 Å². The maximum atomic E-state index is 12.8. The first-order chi connectivity index (χ1) is 30.8. The van der Waals surface area contributed by atoms with Gasteiger partial charge in [0.15, 0.2) is 12.4 Å². The number of ether oxygens (including phenoxy) is 4. The van der Waals surface area contributed by atoms with Gasteiger partial charge in [0.2, 0.25) is 0 Å². The monoisotopic (exact) mass is 891 g/mol. The van der Waals surface area contributed by atoms with E-state index in [0.717, 1.165) is 44.9 Å². The lowest BCUT2D eigenvalue weighted by molar-refractivity contribution is -0.305. The molecule has 10 heteroatoms. The number of carbonyl (C=O) groups excluding carboxylic acids is 2. The zero-order valence-corrected chi connectivity index (χ0v) is 40.1. The van der Waals surface area contributed by atoms with Gasteiger partial charge in [0, 0.05) is 12.8 Å². The van der Waals surface area contributed by atoms with E-state index in [2.05, 4.69) is 62.5 Å². The Labute approximate surface area is 384 Å². The molecule has 1 aliphatic rings. The van der Waals surface area contributed by atoms with Gasteiger partial charge in [-0.25, -0.2) is 0 Å². The number of unbranched alkanes of at least 4 members (excludes halogenated alkanes) is 24. The minimum Gasteiger partial charge on any atom is -0.462 e. The highest BCUT2D eigenvalue weighted by molar-refractivity contribution is 5.70. The highest BCUT2D eigenvalue weighted by Crippen LogP contribution is 2.23. The van der Waals surface area contributed by atoms with E-state index in [1.165, 1.54) is 135 Å². The van der Waals surface area contributed by atoms with Crippen molar-refractivity contribution in [2.45, 2.75) is 256 Å². The Balaban J connectivity index is 2.29. The quantitative estimate of drug-likeness (QED) is 0.0264. The van der Waals surface area contributed by atoms with Crippen molar-refractivity contribution >= 4 is 11.9 Å². The number of aliphatic hydroxyl groups is 4. The van der Waals surface area contributed by atoms with Crippen molar-refractivity contribution < 1.29 is 49.0 Å². The molecule has 63 heavy (non-hydrogen) atoms. The molecule has 0 aromatic heterocycles. The summed E-state index contributed by atoms with van der Waals surface area (Å²) in [6.45, 7) is 3.38. The Morgan fingerprint density at radius 3 is 1.40 bits per heavy atom. The molecule has 366 valence electrons. The van der Waals surface area contributed by atoms with E-state index >= 15 is 0 Å². The summed E-state index contributed by atoms with van der Waals surface area (Å²) in [5, 5.41) is 40.2. The number of allylic oxidation sites excluding steroid dienone is 8. The molecule has 10 nitrogen and oxygen atoms in total. The number of hydrogen-bond donors (Lipinski definition) is 4. The van der Waals surface area contributed by atoms with E-state index in [0.29, 0.717) is 12.8 Å². The van der Waals surface area contributed by atoms with Gasteiger partial charge in [-0.05, 0) is 70.6 Å². The van der Waals surface area contributed by atoms with Crippen LogP contribution in [-0.4, -0.2) is 89.0 Å². The molecule has 0 aromatic carbocycles. The molecule has 0 amide bonds. The predicted molar refractivity (Wildman–Crippen MR) is 256 cm³/mol. The van der Waals surface area contributed by atoms with E-state index in [4.69, 9.17) is 18.9 Å². The van der Waals surface area contributed by atoms with Gasteiger partial charge in [-0.2, -0.15) is 0 Å². The molecule has 0 bridgehead atoms. The summed E-state index contributed by atoms with van der Waals surface area (Å²) in [6, 6.07) is 0. The molecule has 2 unspecified atom stereocenters. The smallest absolute Gasteiger partial charge is 0.306 e. The molecule has 1 aliphatic heterocycles.